The lowest BCUT2D eigenvalue weighted by Crippen LogP contribution is -2.45. The third-order valence-corrected chi connectivity index (χ3v) is 4.84. The largest absolute Gasteiger partial charge is 0.338 e. The summed E-state index contributed by atoms with van der Waals surface area (Å²) < 4.78 is 5.44. The van der Waals surface area contributed by atoms with E-state index in [0.717, 1.165) is 24.5 Å². The van der Waals surface area contributed by atoms with Crippen LogP contribution in [0.2, 0.25) is 0 Å². The molecule has 1 N–H and O–H groups in total. The average molecular weight is 364 g/mol. The third-order valence-electron chi connectivity index (χ3n) is 3.97. The van der Waals surface area contributed by atoms with Crippen LogP contribution in [0.15, 0.2) is 46.6 Å². The van der Waals surface area contributed by atoms with Gasteiger partial charge in [-0.25, -0.2) is 0 Å². The average Bonchev–Trinajstić information content (AvgIpc) is 3.27. The smallest absolute Gasteiger partial charge is 0.241 e. The molecule has 3 aromatic heterocycles. The van der Waals surface area contributed by atoms with E-state index in [1.165, 1.54) is 5.56 Å². The summed E-state index contributed by atoms with van der Waals surface area (Å²) in [6.45, 7) is 3.45. The number of hydrogen-bond donors (Lipinski definition) is 1. The second-order valence-electron chi connectivity index (χ2n) is 5.47. The lowest BCUT2D eigenvalue weighted by atomic mass is 10.1. The summed E-state index contributed by atoms with van der Waals surface area (Å²) in [6, 6.07) is 8.36. The van der Waals surface area contributed by atoms with E-state index in [9.17, 15) is 0 Å². The fourth-order valence-corrected chi connectivity index (χ4v) is 3.49. The number of piperazine rings is 1. The fourth-order valence-electron chi connectivity index (χ4n) is 2.84. The van der Waals surface area contributed by atoms with E-state index in [-0.39, 0.29) is 18.4 Å². The Hall–Kier alpha value is -1.80. The first-order valence-corrected chi connectivity index (χ1v) is 8.49. The molecule has 1 atom stereocenters. The number of rotatable bonds is 4. The molecule has 1 fully saturated rings. The Labute approximate surface area is 150 Å². The number of pyridine rings is 1. The van der Waals surface area contributed by atoms with Gasteiger partial charge in [-0.2, -0.15) is 4.98 Å². The minimum absolute atomic E-state index is 0. The van der Waals surface area contributed by atoms with Gasteiger partial charge in [-0.05, 0) is 23.1 Å². The molecular formula is C16H18ClN5OS. The Balaban J connectivity index is 0.00000169. The van der Waals surface area contributed by atoms with Gasteiger partial charge < -0.3 is 9.84 Å². The molecule has 4 rings (SSSR count). The SMILES string of the molecule is Cl.c1cncc(C2CNCCN2Cc2nc(-c3cccs3)no2)c1. The van der Waals surface area contributed by atoms with E-state index in [4.69, 9.17) is 4.52 Å². The van der Waals surface area contributed by atoms with Crippen LogP contribution in [0.3, 0.4) is 0 Å². The van der Waals surface area contributed by atoms with E-state index in [0.29, 0.717) is 18.3 Å². The van der Waals surface area contributed by atoms with E-state index < -0.39 is 0 Å². The number of halogens is 1. The van der Waals surface area contributed by atoms with Crippen molar-refractivity contribution in [3.63, 3.8) is 0 Å². The van der Waals surface area contributed by atoms with Gasteiger partial charge in [0.05, 0.1) is 11.4 Å². The summed E-state index contributed by atoms with van der Waals surface area (Å²) in [5.74, 6) is 1.33. The summed E-state index contributed by atoms with van der Waals surface area (Å²) in [4.78, 5) is 12.2. The van der Waals surface area contributed by atoms with Gasteiger partial charge in [0.15, 0.2) is 0 Å². The molecule has 0 amide bonds. The lowest BCUT2D eigenvalue weighted by molar-refractivity contribution is 0.135. The maximum absolute atomic E-state index is 5.44. The van der Waals surface area contributed by atoms with Crippen LogP contribution in [0.25, 0.3) is 10.7 Å². The molecule has 0 aromatic carbocycles. The molecule has 0 saturated carbocycles. The standard InChI is InChI=1S/C16H17N5OS.ClH/c1-3-12(9-17-5-1)13-10-18-6-7-21(13)11-15-19-16(20-22-15)14-4-2-8-23-14;/h1-5,8-9,13,18H,6-7,10-11H2;1H. The summed E-state index contributed by atoms with van der Waals surface area (Å²) >= 11 is 1.62. The van der Waals surface area contributed by atoms with Crippen LogP contribution in [-0.4, -0.2) is 39.7 Å². The highest BCUT2D eigenvalue weighted by atomic mass is 35.5. The predicted molar refractivity (Wildman–Crippen MR) is 95.1 cm³/mol. The summed E-state index contributed by atoms with van der Waals surface area (Å²) in [5, 5.41) is 9.55. The summed E-state index contributed by atoms with van der Waals surface area (Å²) in [7, 11) is 0. The molecular weight excluding hydrogens is 346 g/mol. The maximum atomic E-state index is 5.44. The van der Waals surface area contributed by atoms with Gasteiger partial charge in [-0.3, -0.25) is 9.88 Å². The van der Waals surface area contributed by atoms with Crippen molar-refractivity contribution in [2.24, 2.45) is 0 Å². The van der Waals surface area contributed by atoms with Gasteiger partial charge in [-0.1, -0.05) is 17.3 Å². The van der Waals surface area contributed by atoms with Crippen LogP contribution in [-0.2, 0) is 6.54 Å². The van der Waals surface area contributed by atoms with E-state index in [1.807, 2.05) is 29.8 Å². The molecule has 1 aliphatic rings. The molecule has 1 aliphatic heterocycles. The second kappa shape index (κ2) is 7.85. The van der Waals surface area contributed by atoms with Gasteiger partial charge in [0.1, 0.15) is 0 Å². The number of nitrogens with zero attached hydrogens (tertiary/aromatic N) is 4. The zero-order chi connectivity index (χ0) is 15.5. The Kier molecular flexibility index (Phi) is 5.57. The highest BCUT2D eigenvalue weighted by molar-refractivity contribution is 7.13. The molecule has 1 saturated heterocycles. The first-order valence-electron chi connectivity index (χ1n) is 7.61. The van der Waals surface area contributed by atoms with Crippen LogP contribution in [0.1, 0.15) is 17.5 Å². The van der Waals surface area contributed by atoms with Crippen LogP contribution in [0.5, 0.6) is 0 Å². The van der Waals surface area contributed by atoms with Crippen molar-refractivity contribution < 1.29 is 4.52 Å². The normalized spacial score (nSPS) is 18.2. The molecule has 8 heteroatoms. The summed E-state index contributed by atoms with van der Waals surface area (Å²) in [5.41, 5.74) is 1.21. The van der Waals surface area contributed by atoms with Gasteiger partial charge in [-0.15, -0.1) is 23.7 Å². The molecule has 0 aliphatic carbocycles. The van der Waals surface area contributed by atoms with Crippen molar-refractivity contribution >= 4 is 23.7 Å². The maximum Gasteiger partial charge on any atom is 0.241 e. The second-order valence-corrected chi connectivity index (χ2v) is 6.41. The molecule has 0 bridgehead atoms. The van der Waals surface area contributed by atoms with Crippen LogP contribution >= 0.6 is 23.7 Å². The molecule has 24 heavy (non-hydrogen) atoms. The quantitative estimate of drug-likeness (QED) is 0.768. The van der Waals surface area contributed by atoms with Crippen LogP contribution < -0.4 is 5.32 Å². The van der Waals surface area contributed by atoms with Crippen molar-refractivity contribution in [2.45, 2.75) is 12.6 Å². The minimum atomic E-state index is 0. The monoisotopic (exact) mass is 363 g/mol. The van der Waals surface area contributed by atoms with Crippen molar-refractivity contribution in [3.05, 3.63) is 53.5 Å². The highest BCUT2D eigenvalue weighted by Crippen LogP contribution is 2.25. The van der Waals surface area contributed by atoms with Crippen molar-refractivity contribution in [1.29, 1.82) is 0 Å². The highest BCUT2D eigenvalue weighted by Gasteiger charge is 2.25. The van der Waals surface area contributed by atoms with E-state index in [1.54, 1.807) is 17.5 Å². The number of aromatic nitrogens is 3. The van der Waals surface area contributed by atoms with E-state index >= 15 is 0 Å². The molecule has 0 radical (unpaired) electrons. The van der Waals surface area contributed by atoms with Crippen molar-refractivity contribution in [2.75, 3.05) is 19.6 Å². The van der Waals surface area contributed by atoms with Gasteiger partial charge in [0.25, 0.3) is 0 Å². The van der Waals surface area contributed by atoms with Gasteiger partial charge >= 0.3 is 0 Å². The molecule has 3 aromatic rings. The molecule has 0 spiro atoms. The zero-order valence-electron chi connectivity index (χ0n) is 13.0. The number of thiophene rings is 1. The Morgan fingerprint density at radius 1 is 1.33 bits per heavy atom. The topological polar surface area (TPSA) is 67.1 Å². The van der Waals surface area contributed by atoms with Crippen LogP contribution in [0.4, 0.5) is 0 Å². The Bertz CT molecular complexity index is 749. The van der Waals surface area contributed by atoms with Gasteiger partial charge in [0, 0.05) is 38.1 Å². The van der Waals surface area contributed by atoms with Crippen LogP contribution in [0, 0.1) is 0 Å². The van der Waals surface area contributed by atoms with Gasteiger partial charge in [0.2, 0.25) is 11.7 Å². The lowest BCUT2D eigenvalue weighted by Gasteiger charge is -2.35. The summed E-state index contributed by atoms with van der Waals surface area (Å²) in [6.07, 6.45) is 3.73. The van der Waals surface area contributed by atoms with E-state index in [2.05, 4.69) is 31.4 Å². The van der Waals surface area contributed by atoms with Crippen molar-refractivity contribution in [1.82, 2.24) is 25.3 Å². The first-order chi connectivity index (χ1) is 11.4. The first kappa shape index (κ1) is 17.0. The number of hydrogen-bond acceptors (Lipinski definition) is 7. The zero-order valence-corrected chi connectivity index (χ0v) is 14.6. The molecule has 1 unspecified atom stereocenters. The predicted octanol–water partition coefficient (Wildman–Crippen LogP) is 2.76. The number of nitrogens with one attached hydrogen (secondary N) is 1. The Morgan fingerprint density at radius 2 is 2.29 bits per heavy atom. The molecule has 6 nitrogen and oxygen atoms in total. The molecule has 126 valence electrons. The minimum Gasteiger partial charge on any atom is -0.338 e. The fraction of sp³-hybridized carbons (Fsp3) is 0.312. The molecule has 4 heterocycles. The Morgan fingerprint density at radius 3 is 3.08 bits per heavy atom. The van der Waals surface area contributed by atoms with Crippen molar-refractivity contribution in [3.8, 4) is 10.7 Å². The third kappa shape index (κ3) is 3.64.